The largest absolute Gasteiger partial charge is 0.328 e. The number of nitriles is 1. The van der Waals surface area contributed by atoms with Gasteiger partial charge in [0.05, 0.1) is 23.5 Å². The number of anilines is 3. The lowest BCUT2D eigenvalue weighted by atomic mass is 10.2. The van der Waals surface area contributed by atoms with Crippen molar-refractivity contribution in [2.45, 2.75) is 6.92 Å². The molecule has 1 N–H and O–H groups in total. The van der Waals surface area contributed by atoms with Crippen LogP contribution in [0.5, 0.6) is 0 Å². The Labute approximate surface area is 106 Å². The number of hydrogen-bond donors (Lipinski definition) is 1. The summed E-state index contributed by atoms with van der Waals surface area (Å²) in [5.41, 5.74) is 2.72. The van der Waals surface area contributed by atoms with Gasteiger partial charge in [-0.2, -0.15) is 5.26 Å². The van der Waals surface area contributed by atoms with Gasteiger partial charge in [0, 0.05) is 26.7 Å². The molecular formula is C13H14N4O. The van der Waals surface area contributed by atoms with Gasteiger partial charge in [0.25, 0.3) is 0 Å². The molecule has 2 rings (SSSR count). The second-order valence-corrected chi connectivity index (χ2v) is 4.13. The number of benzene rings is 1. The van der Waals surface area contributed by atoms with Gasteiger partial charge in [0.1, 0.15) is 5.82 Å². The number of hydrogen-bond acceptors (Lipinski definition) is 4. The van der Waals surface area contributed by atoms with E-state index in [0.29, 0.717) is 0 Å². The van der Waals surface area contributed by atoms with E-state index in [0.717, 1.165) is 22.9 Å². The number of amides is 1. The predicted octanol–water partition coefficient (Wildman–Crippen LogP) is 1.90. The second-order valence-electron chi connectivity index (χ2n) is 4.13. The first-order valence-corrected chi connectivity index (χ1v) is 5.53. The van der Waals surface area contributed by atoms with E-state index in [1.54, 1.807) is 0 Å². The first-order valence-electron chi connectivity index (χ1n) is 5.53. The van der Waals surface area contributed by atoms with Gasteiger partial charge in [-0.15, -0.1) is 0 Å². The maximum absolute atomic E-state index is 11.0. The van der Waals surface area contributed by atoms with Gasteiger partial charge in [-0.05, 0) is 18.2 Å². The zero-order valence-corrected chi connectivity index (χ0v) is 10.6. The van der Waals surface area contributed by atoms with Crippen molar-refractivity contribution in [2.75, 3.05) is 29.2 Å². The Hall–Kier alpha value is -2.48. The minimum absolute atomic E-state index is 0.100. The molecule has 5 heteroatoms. The maximum Gasteiger partial charge on any atom is 0.221 e. The van der Waals surface area contributed by atoms with Gasteiger partial charge >= 0.3 is 0 Å². The summed E-state index contributed by atoms with van der Waals surface area (Å²) in [6.07, 6.45) is 1.50. The van der Waals surface area contributed by atoms with Crippen LogP contribution in [0.1, 0.15) is 6.92 Å². The third kappa shape index (κ3) is 1.89. The number of carbonyl (C=O) groups excluding carboxylic acids is 1. The van der Waals surface area contributed by atoms with Gasteiger partial charge in [0.2, 0.25) is 5.91 Å². The fourth-order valence-electron chi connectivity index (χ4n) is 2.08. The van der Waals surface area contributed by atoms with E-state index < -0.39 is 0 Å². The van der Waals surface area contributed by atoms with Gasteiger partial charge in [-0.3, -0.25) is 4.79 Å². The highest BCUT2D eigenvalue weighted by atomic mass is 16.1. The van der Waals surface area contributed by atoms with Crippen molar-refractivity contribution in [3.8, 4) is 6.07 Å². The van der Waals surface area contributed by atoms with Crippen molar-refractivity contribution in [3.05, 3.63) is 30.1 Å². The lowest BCUT2D eigenvalue weighted by Gasteiger charge is -2.16. The monoisotopic (exact) mass is 242 g/mol. The van der Waals surface area contributed by atoms with Crippen LogP contribution in [-0.2, 0) is 4.79 Å². The molecule has 1 amide bonds. The molecule has 5 nitrogen and oxygen atoms in total. The van der Waals surface area contributed by atoms with Crippen LogP contribution in [-0.4, -0.2) is 20.0 Å². The Kier molecular flexibility index (Phi) is 2.94. The van der Waals surface area contributed by atoms with Crippen LogP contribution in [0.3, 0.4) is 0 Å². The molecule has 1 aliphatic rings. The number of fused-ring (bicyclic) bond motifs is 1. The Balaban J connectivity index is 2.43. The standard InChI is InChI=1S/C13H14N4O/c1-9(18)15-10-4-5-11-12(8-10)17(3)13(6-7-14)16(11)2/h4-6,8H,1-3H3,(H,15,18). The summed E-state index contributed by atoms with van der Waals surface area (Å²) >= 11 is 0. The molecule has 0 radical (unpaired) electrons. The SMILES string of the molecule is CC(=O)Nc1ccc2c(c1)N(C)C(=CC#N)N2C. The highest BCUT2D eigenvalue weighted by molar-refractivity contribution is 5.92. The molecule has 1 aliphatic heterocycles. The quantitative estimate of drug-likeness (QED) is 0.764. The topological polar surface area (TPSA) is 59.4 Å². The Bertz CT molecular complexity index is 571. The molecule has 0 fully saturated rings. The zero-order valence-electron chi connectivity index (χ0n) is 10.6. The molecule has 1 aromatic rings. The molecule has 1 aromatic carbocycles. The number of nitrogens with zero attached hydrogens (tertiary/aromatic N) is 3. The molecule has 18 heavy (non-hydrogen) atoms. The van der Waals surface area contributed by atoms with E-state index in [4.69, 9.17) is 5.26 Å². The van der Waals surface area contributed by atoms with Crippen LogP contribution in [0, 0.1) is 11.3 Å². The molecule has 1 heterocycles. The Morgan fingerprint density at radius 1 is 1.33 bits per heavy atom. The molecule has 0 bridgehead atoms. The maximum atomic E-state index is 11.0. The van der Waals surface area contributed by atoms with Crippen LogP contribution >= 0.6 is 0 Å². The van der Waals surface area contributed by atoms with E-state index in [9.17, 15) is 4.79 Å². The molecule has 92 valence electrons. The third-order valence-electron chi connectivity index (χ3n) is 2.90. The van der Waals surface area contributed by atoms with Gasteiger partial charge in [0.15, 0.2) is 0 Å². The first kappa shape index (κ1) is 12.0. The second kappa shape index (κ2) is 4.41. The highest BCUT2D eigenvalue weighted by Crippen LogP contribution is 2.40. The Morgan fingerprint density at radius 2 is 2.00 bits per heavy atom. The molecule has 0 aromatic heterocycles. The van der Waals surface area contributed by atoms with Crippen molar-refractivity contribution in [1.82, 2.24) is 0 Å². The molecule has 0 unspecified atom stereocenters. The summed E-state index contributed by atoms with van der Waals surface area (Å²) < 4.78 is 0. The summed E-state index contributed by atoms with van der Waals surface area (Å²) in [4.78, 5) is 14.9. The van der Waals surface area contributed by atoms with E-state index in [1.807, 2.05) is 48.2 Å². The average Bonchev–Trinajstić information content (AvgIpc) is 2.54. The van der Waals surface area contributed by atoms with Crippen LogP contribution in [0.4, 0.5) is 17.1 Å². The fraction of sp³-hybridized carbons (Fsp3) is 0.231. The summed E-state index contributed by atoms with van der Waals surface area (Å²) in [7, 11) is 3.80. The number of allylic oxidation sites excluding steroid dienone is 1. The summed E-state index contributed by atoms with van der Waals surface area (Å²) in [6.45, 7) is 1.48. The molecular weight excluding hydrogens is 228 g/mol. The van der Waals surface area contributed by atoms with E-state index in [1.165, 1.54) is 13.0 Å². The van der Waals surface area contributed by atoms with E-state index >= 15 is 0 Å². The number of nitrogens with one attached hydrogen (secondary N) is 1. The smallest absolute Gasteiger partial charge is 0.221 e. The predicted molar refractivity (Wildman–Crippen MR) is 71.2 cm³/mol. The van der Waals surface area contributed by atoms with Crippen molar-refractivity contribution >= 4 is 23.0 Å². The molecule has 0 atom stereocenters. The lowest BCUT2D eigenvalue weighted by molar-refractivity contribution is -0.114. The van der Waals surface area contributed by atoms with Crippen LogP contribution < -0.4 is 15.1 Å². The van der Waals surface area contributed by atoms with Gasteiger partial charge < -0.3 is 15.1 Å². The number of rotatable bonds is 1. The molecule has 0 spiro atoms. The number of carbonyl (C=O) groups is 1. The molecule has 0 saturated heterocycles. The van der Waals surface area contributed by atoms with Crippen molar-refractivity contribution in [3.63, 3.8) is 0 Å². The average molecular weight is 242 g/mol. The first-order chi connectivity index (χ1) is 8.54. The summed E-state index contributed by atoms with van der Waals surface area (Å²) in [5.74, 6) is 0.712. The minimum atomic E-state index is -0.100. The summed E-state index contributed by atoms with van der Waals surface area (Å²) in [6, 6.07) is 7.70. The van der Waals surface area contributed by atoms with Gasteiger partial charge in [-0.1, -0.05) is 0 Å². The van der Waals surface area contributed by atoms with Crippen molar-refractivity contribution in [2.24, 2.45) is 0 Å². The van der Waals surface area contributed by atoms with Crippen LogP contribution in [0.15, 0.2) is 30.1 Å². The minimum Gasteiger partial charge on any atom is -0.328 e. The fourth-order valence-corrected chi connectivity index (χ4v) is 2.08. The van der Waals surface area contributed by atoms with Gasteiger partial charge in [-0.25, -0.2) is 0 Å². The summed E-state index contributed by atoms with van der Waals surface area (Å²) in [5, 5.41) is 11.5. The third-order valence-corrected chi connectivity index (χ3v) is 2.90. The Morgan fingerprint density at radius 3 is 2.61 bits per heavy atom. The molecule has 0 aliphatic carbocycles. The van der Waals surface area contributed by atoms with E-state index in [-0.39, 0.29) is 5.91 Å². The van der Waals surface area contributed by atoms with E-state index in [2.05, 4.69) is 5.32 Å². The normalized spacial score (nSPS) is 15.6. The highest BCUT2D eigenvalue weighted by Gasteiger charge is 2.26. The molecule has 0 saturated carbocycles. The van der Waals surface area contributed by atoms with Crippen LogP contribution in [0.2, 0.25) is 0 Å². The lowest BCUT2D eigenvalue weighted by Crippen LogP contribution is -2.21. The van der Waals surface area contributed by atoms with Crippen molar-refractivity contribution in [1.29, 1.82) is 5.26 Å². The zero-order chi connectivity index (χ0) is 13.3. The van der Waals surface area contributed by atoms with Crippen LogP contribution in [0.25, 0.3) is 0 Å². The van der Waals surface area contributed by atoms with Crippen molar-refractivity contribution < 1.29 is 4.79 Å².